The molecule has 0 aliphatic heterocycles. The van der Waals surface area contributed by atoms with Crippen molar-refractivity contribution in [2.24, 2.45) is 11.1 Å². The van der Waals surface area contributed by atoms with Gasteiger partial charge in [0, 0.05) is 24.2 Å². The molecule has 0 aliphatic carbocycles. The normalized spacial score (nSPS) is 12.1. The monoisotopic (exact) mass is 418 g/mol. The second-order valence-corrected chi connectivity index (χ2v) is 7.90. The topological polar surface area (TPSA) is 71.2 Å². The molecule has 0 spiro atoms. The number of hydrogen-bond donors (Lipinski definition) is 2. The van der Waals surface area contributed by atoms with Crippen LogP contribution >= 0.6 is 36.2 Å². The molecule has 2 aromatic rings. The van der Waals surface area contributed by atoms with Gasteiger partial charge in [-0.05, 0) is 30.2 Å². The molecule has 3 N–H and O–H groups in total. The van der Waals surface area contributed by atoms with Crippen LogP contribution in [0.2, 0.25) is 0 Å². The van der Waals surface area contributed by atoms with Crippen molar-refractivity contribution in [2.75, 3.05) is 12.4 Å². The maximum absolute atomic E-state index is 12.3. The summed E-state index contributed by atoms with van der Waals surface area (Å²) in [5, 5.41) is 4.97. The van der Waals surface area contributed by atoms with Gasteiger partial charge >= 0.3 is 0 Å². The summed E-state index contributed by atoms with van der Waals surface area (Å²) in [7, 11) is 2.06. The molecule has 0 fully saturated rings. The molecule has 8 heteroatoms. The lowest BCUT2D eigenvalue weighted by molar-refractivity contribution is -0.119. The third-order valence-corrected chi connectivity index (χ3v) is 4.41. The fraction of sp³-hybridized carbons (Fsp3) is 0.444. The SMILES string of the molecule is CN(Cc1cccc(NC(=O)[C@@H](N)C(C)(C)C)c1)Cc1cscn1.Cl.Cl. The summed E-state index contributed by atoms with van der Waals surface area (Å²) in [6, 6.07) is 7.33. The number of aromatic nitrogens is 1. The van der Waals surface area contributed by atoms with Crippen molar-refractivity contribution in [3.05, 3.63) is 46.4 Å². The maximum atomic E-state index is 12.3. The summed E-state index contributed by atoms with van der Waals surface area (Å²) in [6.07, 6.45) is 0. The molecule has 0 unspecified atom stereocenters. The van der Waals surface area contributed by atoms with Crippen molar-refractivity contribution in [2.45, 2.75) is 39.9 Å². The first-order valence-electron chi connectivity index (χ1n) is 7.96. The minimum Gasteiger partial charge on any atom is -0.325 e. The van der Waals surface area contributed by atoms with E-state index in [-0.39, 0.29) is 36.1 Å². The first-order chi connectivity index (χ1) is 11.3. The van der Waals surface area contributed by atoms with Gasteiger partial charge in [-0.1, -0.05) is 32.9 Å². The van der Waals surface area contributed by atoms with E-state index in [1.807, 2.05) is 44.5 Å². The van der Waals surface area contributed by atoms with Gasteiger partial charge in [-0.25, -0.2) is 4.98 Å². The van der Waals surface area contributed by atoms with Gasteiger partial charge in [0.05, 0.1) is 17.2 Å². The summed E-state index contributed by atoms with van der Waals surface area (Å²) in [5.74, 6) is -0.157. The van der Waals surface area contributed by atoms with Crippen molar-refractivity contribution in [1.29, 1.82) is 0 Å². The van der Waals surface area contributed by atoms with Crippen molar-refractivity contribution >= 4 is 47.7 Å². The standard InChI is InChI=1S/C18H26N4OS.2ClH/c1-18(2,3)16(19)17(23)21-14-7-5-6-13(8-14)9-22(4)10-15-11-24-12-20-15;;/h5-8,11-12,16H,9-10,19H2,1-4H3,(H,21,23);2*1H/t16-;;/m1../s1. The number of carbonyl (C=O) groups excluding carboxylic acids is 1. The first kappa shape index (κ1) is 24.8. The van der Waals surface area contributed by atoms with Gasteiger partial charge < -0.3 is 11.1 Å². The van der Waals surface area contributed by atoms with Crippen molar-refractivity contribution in [1.82, 2.24) is 9.88 Å². The van der Waals surface area contributed by atoms with Gasteiger partial charge in [-0.15, -0.1) is 36.2 Å². The summed E-state index contributed by atoms with van der Waals surface area (Å²) in [6.45, 7) is 7.46. The molecular formula is C18H28Cl2N4OS. The van der Waals surface area contributed by atoms with Crippen LogP contribution in [0, 0.1) is 5.41 Å². The van der Waals surface area contributed by atoms with Crippen molar-refractivity contribution in [3.63, 3.8) is 0 Å². The number of amides is 1. The van der Waals surface area contributed by atoms with E-state index in [0.29, 0.717) is 0 Å². The molecule has 1 aromatic carbocycles. The van der Waals surface area contributed by atoms with Crippen LogP contribution in [0.1, 0.15) is 32.0 Å². The Morgan fingerprint density at radius 1 is 1.31 bits per heavy atom. The molecule has 1 amide bonds. The zero-order valence-electron chi connectivity index (χ0n) is 15.6. The predicted molar refractivity (Wildman–Crippen MR) is 114 cm³/mol. The Balaban J connectivity index is 0.00000312. The van der Waals surface area contributed by atoms with E-state index in [2.05, 4.69) is 33.7 Å². The Hall–Kier alpha value is -1.18. The van der Waals surface area contributed by atoms with Gasteiger partial charge in [-0.3, -0.25) is 9.69 Å². The van der Waals surface area contributed by atoms with Gasteiger partial charge in [-0.2, -0.15) is 0 Å². The van der Waals surface area contributed by atoms with Crippen molar-refractivity contribution < 1.29 is 4.79 Å². The Bertz CT molecular complexity index is 674. The molecule has 26 heavy (non-hydrogen) atoms. The Kier molecular flexibility index (Phi) is 10.4. The van der Waals surface area contributed by atoms with E-state index in [1.165, 1.54) is 0 Å². The van der Waals surface area contributed by atoms with E-state index >= 15 is 0 Å². The molecule has 1 aromatic heterocycles. The molecule has 0 bridgehead atoms. The number of hydrogen-bond acceptors (Lipinski definition) is 5. The molecular weight excluding hydrogens is 391 g/mol. The van der Waals surface area contributed by atoms with Crippen molar-refractivity contribution in [3.8, 4) is 0 Å². The van der Waals surface area contributed by atoms with Gasteiger partial charge in [0.25, 0.3) is 0 Å². The van der Waals surface area contributed by atoms with E-state index in [9.17, 15) is 4.79 Å². The molecule has 5 nitrogen and oxygen atoms in total. The zero-order chi connectivity index (χ0) is 17.7. The Morgan fingerprint density at radius 2 is 2.00 bits per heavy atom. The average Bonchev–Trinajstić information content (AvgIpc) is 2.98. The highest BCUT2D eigenvalue weighted by atomic mass is 35.5. The second kappa shape index (κ2) is 10.8. The molecule has 0 saturated carbocycles. The Labute approximate surface area is 172 Å². The number of thiazole rings is 1. The van der Waals surface area contributed by atoms with E-state index in [4.69, 9.17) is 5.73 Å². The summed E-state index contributed by atoms with van der Waals surface area (Å²) in [5.41, 5.74) is 10.6. The zero-order valence-corrected chi connectivity index (χ0v) is 18.0. The summed E-state index contributed by atoms with van der Waals surface area (Å²) >= 11 is 1.60. The number of rotatable bonds is 6. The van der Waals surface area contributed by atoms with Crippen LogP contribution in [0.4, 0.5) is 5.69 Å². The molecule has 146 valence electrons. The number of carbonyl (C=O) groups is 1. The van der Waals surface area contributed by atoms with Gasteiger partial charge in [0.15, 0.2) is 0 Å². The Morgan fingerprint density at radius 3 is 2.58 bits per heavy atom. The van der Waals surface area contributed by atoms with Crippen LogP contribution in [-0.4, -0.2) is 28.9 Å². The molecule has 0 saturated heterocycles. The number of nitrogens with two attached hydrogens (primary N) is 1. The van der Waals surface area contributed by atoms with Crippen LogP contribution in [0.15, 0.2) is 35.2 Å². The van der Waals surface area contributed by atoms with Gasteiger partial charge in [0.2, 0.25) is 5.91 Å². The van der Waals surface area contributed by atoms with E-state index in [0.717, 1.165) is 30.0 Å². The quantitative estimate of drug-likeness (QED) is 0.744. The first-order valence-corrected chi connectivity index (χ1v) is 8.91. The maximum Gasteiger partial charge on any atom is 0.241 e. The summed E-state index contributed by atoms with van der Waals surface area (Å²) in [4.78, 5) is 18.7. The lowest BCUT2D eigenvalue weighted by atomic mass is 9.87. The lowest BCUT2D eigenvalue weighted by Crippen LogP contribution is -2.45. The number of nitrogens with zero attached hydrogens (tertiary/aromatic N) is 2. The largest absolute Gasteiger partial charge is 0.325 e. The highest BCUT2D eigenvalue weighted by Gasteiger charge is 2.27. The third-order valence-electron chi connectivity index (χ3n) is 3.78. The van der Waals surface area contributed by atoms with Crippen LogP contribution in [0.5, 0.6) is 0 Å². The minimum absolute atomic E-state index is 0. The fourth-order valence-corrected chi connectivity index (χ4v) is 2.87. The second-order valence-electron chi connectivity index (χ2n) is 7.19. The number of anilines is 1. The fourth-order valence-electron chi connectivity index (χ4n) is 2.32. The van der Waals surface area contributed by atoms with Crippen LogP contribution in [0.3, 0.4) is 0 Å². The summed E-state index contributed by atoms with van der Waals surface area (Å²) < 4.78 is 0. The lowest BCUT2D eigenvalue weighted by Gasteiger charge is -2.26. The van der Waals surface area contributed by atoms with Crippen LogP contribution < -0.4 is 11.1 Å². The third kappa shape index (κ3) is 7.60. The predicted octanol–water partition coefficient (Wildman–Crippen LogP) is 3.93. The highest BCUT2D eigenvalue weighted by molar-refractivity contribution is 7.07. The minimum atomic E-state index is -0.548. The van der Waals surface area contributed by atoms with E-state index in [1.54, 1.807) is 11.3 Å². The molecule has 1 heterocycles. The number of nitrogens with one attached hydrogen (secondary N) is 1. The van der Waals surface area contributed by atoms with E-state index < -0.39 is 6.04 Å². The molecule has 2 rings (SSSR count). The van der Waals surface area contributed by atoms with Crippen LogP contribution in [-0.2, 0) is 17.9 Å². The number of benzene rings is 1. The van der Waals surface area contributed by atoms with Gasteiger partial charge in [0.1, 0.15) is 0 Å². The number of halogens is 2. The smallest absolute Gasteiger partial charge is 0.241 e. The average molecular weight is 419 g/mol. The molecule has 1 atom stereocenters. The highest BCUT2D eigenvalue weighted by Crippen LogP contribution is 2.20. The molecule has 0 aliphatic rings. The molecule has 0 radical (unpaired) electrons. The van der Waals surface area contributed by atoms with Crippen LogP contribution in [0.25, 0.3) is 0 Å².